The largest absolute Gasteiger partial charge is 0.365 e. The first kappa shape index (κ1) is 13.0. The number of nitrogens with one attached hydrogen (secondary N) is 2. The average Bonchev–Trinajstić information content (AvgIpc) is 2.59. The van der Waals surface area contributed by atoms with Gasteiger partial charge in [0.15, 0.2) is 5.13 Å². The molecule has 0 fully saturated rings. The van der Waals surface area contributed by atoms with Gasteiger partial charge in [0.05, 0.1) is 12.2 Å². The molecule has 2 N–H and O–H groups in total. The highest BCUT2D eigenvalue weighted by atomic mass is 32.1. The van der Waals surface area contributed by atoms with Crippen LogP contribution in [0, 0.1) is 5.41 Å². The van der Waals surface area contributed by atoms with Gasteiger partial charge in [-0.1, -0.05) is 20.8 Å². The summed E-state index contributed by atoms with van der Waals surface area (Å²) in [7, 11) is 1.83. The standard InChI is InChI=1S/C11H19N3OS/c1-11(2,3)5-9(15)13-6-8-7-16-10(12-4)14-8/h7H,5-6H2,1-4H3,(H,12,14)(H,13,15). The summed E-state index contributed by atoms with van der Waals surface area (Å²) in [6.07, 6.45) is 0.538. The highest BCUT2D eigenvalue weighted by molar-refractivity contribution is 7.13. The fourth-order valence-electron chi connectivity index (χ4n) is 1.24. The van der Waals surface area contributed by atoms with Crippen LogP contribution in [0.1, 0.15) is 32.9 Å². The van der Waals surface area contributed by atoms with E-state index >= 15 is 0 Å². The van der Waals surface area contributed by atoms with E-state index in [1.165, 1.54) is 0 Å². The SMILES string of the molecule is CNc1nc(CNC(=O)CC(C)(C)C)cs1. The molecule has 0 aromatic carbocycles. The molecule has 1 amide bonds. The molecule has 0 radical (unpaired) electrons. The molecule has 1 heterocycles. The van der Waals surface area contributed by atoms with E-state index in [2.05, 4.69) is 36.4 Å². The van der Waals surface area contributed by atoms with Crippen LogP contribution >= 0.6 is 11.3 Å². The van der Waals surface area contributed by atoms with Crippen molar-refractivity contribution in [2.24, 2.45) is 5.41 Å². The zero-order valence-corrected chi connectivity index (χ0v) is 11.1. The topological polar surface area (TPSA) is 54.0 Å². The zero-order chi connectivity index (χ0) is 12.2. The third-order valence-corrected chi connectivity index (χ3v) is 2.83. The van der Waals surface area contributed by atoms with Crippen LogP contribution in [0.3, 0.4) is 0 Å². The van der Waals surface area contributed by atoms with Crippen LogP contribution < -0.4 is 10.6 Å². The van der Waals surface area contributed by atoms with Gasteiger partial charge in [-0.25, -0.2) is 4.98 Å². The predicted octanol–water partition coefficient (Wildman–Crippen LogP) is 2.24. The Morgan fingerprint density at radius 1 is 1.50 bits per heavy atom. The number of thiazole rings is 1. The van der Waals surface area contributed by atoms with Crippen LogP contribution in [0.5, 0.6) is 0 Å². The molecule has 0 atom stereocenters. The maximum Gasteiger partial charge on any atom is 0.220 e. The summed E-state index contributed by atoms with van der Waals surface area (Å²) in [5.74, 6) is 0.0755. The number of hydrogen-bond acceptors (Lipinski definition) is 4. The van der Waals surface area contributed by atoms with Crippen molar-refractivity contribution in [2.75, 3.05) is 12.4 Å². The molecule has 90 valence electrons. The van der Waals surface area contributed by atoms with Crippen molar-refractivity contribution < 1.29 is 4.79 Å². The lowest BCUT2D eigenvalue weighted by atomic mass is 9.92. The van der Waals surface area contributed by atoms with Gasteiger partial charge in [-0.2, -0.15) is 0 Å². The highest BCUT2D eigenvalue weighted by Gasteiger charge is 2.15. The first-order valence-electron chi connectivity index (χ1n) is 5.29. The average molecular weight is 241 g/mol. The minimum atomic E-state index is 0.0301. The molecule has 4 nitrogen and oxygen atoms in total. The number of rotatable bonds is 4. The van der Waals surface area contributed by atoms with Crippen LogP contribution in [0.25, 0.3) is 0 Å². The second-order valence-electron chi connectivity index (χ2n) is 4.91. The van der Waals surface area contributed by atoms with Crippen molar-refractivity contribution in [3.63, 3.8) is 0 Å². The second kappa shape index (κ2) is 5.30. The van der Waals surface area contributed by atoms with Gasteiger partial charge in [-0.05, 0) is 5.41 Å². The smallest absolute Gasteiger partial charge is 0.220 e. The summed E-state index contributed by atoms with van der Waals surface area (Å²) < 4.78 is 0. The molecular formula is C11H19N3OS. The summed E-state index contributed by atoms with van der Waals surface area (Å²) in [6, 6.07) is 0. The van der Waals surface area contributed by atoms with E-state index in [1.54, 1.807) is 11.3 Å². The Balaban J connectivity index is 2.37. The Kier molecular flexibility index (Phi) is 4.29. The molecule has 0 spiro atoms. The van der Waals surface area contributed by atoms with Gasteiger partial charge in [-0.15, -0.1) is 11.3 Å². The van der Waals surface area contributed by atoms with Gasteiger partial charge < -0.3 is 10.6 Å². The summed E-state index contributed by atoms with van der Waals surface area (Å²) in [6.45, 7) is 6.66. The molecule has 0 aliphatic rings. The number of carbonyl (C=O) groups is 1. The minimum Gasteiger partial charge on any atom is -0.365 e. The summed E-state index contributed by atoms with van der Waals surface area (Å²) in [4.78, 5) is 15.8. The Labute approximate surface area is 100 Å². The minimum absolute atomic E-state index is 0.0301. The molecule has 1 aromatic rings. The normalized spacial score (nSPS) is 11.2. The Hall–Kier alpha value is -1.10. The summed E-state index contributed by atoms with van der Waals surface area (Å²) >= 11 is 1.54. The van der Waals surface area contributed by atoms with Crippen molar-refractivity contribution in [2.45, 2.75) is 33.7 Å². The number of carbonyl (C=O) groups excluding carboxylic acids is 1. The first-order valence-corrected chi connectivity index (χ1v) is 6.17. The molecule has 0 saturated carbocycles. The third kappa shape index (κ3) is 4.61. The molecule has 1 aromatic heterocycles. The Morgan fingerprint density at radius 2 is 2.19 bits per heavy atom. The van der Waals surface area contributed by atoms with Gasteiger partial charge in [0.2, 0.25) is 5.91 Å². The van der Waals surface area contributed by atoms with Gasteiger partial charge in [0, 0.05) is 18.8 Å². The molecule has 16 heavy (non-hydrogen) atoms. The third-order valence-electron chi connectivity index (χ3n) is 1.92. The Bertz CT molecular complexity index is 354. The van der Waals surface area contributed by atoms with Crippen molar-refractivity contribution in [3.8, 4) is 0 Å². The van der Waals surface area contributed by atoms with E-state index in [9.17, 15) is 4.79 Å². The molecule has 1 rings (SSSR count). The number of nitrogens with zero attached hydrogens (tertiary/aromatic N) is 1. The summed E-state index contributed by atoms with van der Waals surface area (Å²) in [5.41, 5.74) is 0.930. The van der Waals surface area contributed by atoms with Crippen molar-refractivity contribution >= 4 is 22.4 Å². The van der Waals surface area contributed by atoms with E-state index in [0.29, 0.717) is 13.0 Å². The predicted molar refractivity (Wildman–Crippen MR) is 67.6 cm³/mol. The highest BCUT2D eigenvalue weighted by Crippen LogP contribution is 2.18. The number of aromatic nitrogens is 1. The van der Waals surface area contributed by atoms with Gasteiger partial charge >= 0.3 is 0 Å². The van der Waals surface area contributed by atoms with E-state index < -0.39 is 0 Å². The number of amides is 1. The second-order valence-corrected chi connectivity index (χ2v) is 5.77. The van der Waals surface area contributed by atoms with E-state index in [-0.39, 0.29) is 11.3 Å². The lowest BCUT2D eigenvalue weighted by Gasteiger charge is -2.16. The fraction of sp³-hybridized carbons (Fsp3) is 0.636. The van der Waals surface area contributed by atoms with Crippen molar-refractivity contribution in [1.82, 2.24) is 10.3 Å². The molecule has 0 unspecified atom stereocenters. The molecule has 0 saturated heterocycles. The molecule has 0 bridgehead atoms. The van der Waals surface area contributed by atoms with Gasteiger partial charge in [-0.3, -0.25) is 4.79 Å². The molecule has 5 heteroatoms. The van der Waals surface area contributed by atoms with Crippen LogP contribution in [0.15, 0.2) is 5.38 Å². The quantitative estimate of drug-likeness (QED) is 0.850. The van der Waals surface area contributed by atoms with Crippen LogP contribution in [0.4, 0.5) is 5.13 Å². The number of hydrogen-bond donors (Lipinski definition) is 2. The fourth-order valence-corrected chi connectivity index (χ4v) is 1.91. The molecule has 0 aliphatic heterocycles. The van der Waals surface area contributed by atoms with Gasteiger partial charge in [0.25, 0.3) is 0 Å². The monoisotopic (exact) mass is 241 g/mol. The maximum absolute atomic E-state index is 11.6. The number of anilines is 1. The van der Waals surface area contributed by atoms with E-state index in [4.69, 9.17) is 0 Å². The maximum atomic E-state index is 11.6. The van der Waals surface area contributed by atoms with Gasteiger partial charge in [0.1, 0.15) is 0 Å². The van der Waals surface area contributed by atoms with Crippen molar-refractivity contribution in [3.05, 3.63) is 11.1 Å². The lowest BCUT2D eigenvalue weighted by Crippen LogP contribution is -2.27. The van der Waals surface area contributed by atoms with Crippen molar-refractivity contribution in [1.29, 1.82) is 0 Å². The molecular weight excluding hydrogens is 222 g/mol. The Morgan fingerprint density at radius 3 is 2.69 bits per heavy atom. The zero-order valence-electron chi connectivity index (χ0n) is 10.3. The lowest BCUT2D eigenvalue weighted by molar-refractivity contribution is -0.122. The summed E-state index contributed by atoms with van der Waals surface area (Å²) in [5, 5.41) is 8.66. The van der Waals surface area contributed by atoms with Crippen LogP contribution in [-0.4, -0.2) is 17.9 Å². The van der Waals surface area contributed by atoms with E-state index in [1.807, 2.05) is 12.4 Å². The molecule has 0 aliphatic carbocycles. The van der Waals surface area contributed by atoms with Crippen LogP contribution in [0.2, 0.25) is 0 Å². The first-order chi connectivity index (χ1) is 7.40. The van der Waals surface area contributed by atoms with Crippen LogP contribution in [-0.2, 0) is 11.3 Å². The van der Waals surface area contributed by atoms with E-state index in [0.717, 1.165) is 10.8 Å².